The number of amides is 1. The third kappa shape index (κ3) is 3.47. The van der Waals surface area contributed by atoms with Crippen LogP contribution in [0.5, 0.6) is 0 Å². The molecule has 28 heavy (non-hydrogen) atoms. The van der Waals surface area contributed by atoms with Crippen molar-refractivity contribution in [2.24, 2.45) is 0 Å². The lowest BCUT2D eigenvalue weighted by Crippen LogP contribution is -2.36. The molecule has 3 heterocycles. The molecular formula is C21H24N6O. The number of aromatic nitrogens is 4. The van der Waals surface area contributed by atoms with Gasteiger partial charge in [0.15, 0.2) is 0 Å². The van der Waals surface area contributed by atoms with Gasteiger partial charge >= 0.3 is 0 Å². The molecule has 3 N–H and O–H groups in total. The maximum atomic E-state index is 12.9. The average molecular weight is 376 g/mol. The molecule has 1 aromatic carbocycles. The summed E-state index contributed by atoms with van der Waals surface area (Å²) in [7, 11) is 0. The number of hydrogen-bond acceptors (Lipinski definition) is 5. The Labute approximate surface area is 164 Å². The number of nitrogens with zero attached hydrogens (tertiary/aromatic N) is 4. The van der Waals surface area contributed by atoms with E-state index in [9.17, 15) is 4.79 Å². The van der Waals surface area contributed by atoms with Gasteiger partial charge in [-0.25, -0.2) is 9.97 Å². The van der Waals surface area contributed by atoms with Gasteiger partial charge < -0.3 is 10.6 Å². The van der Waals surface area contributed by atoms with Gasteiger partial charge in [-0.3, -0.25) is 9.89 Å². The van der Waals surface area contributed by atoms with Crippen molar-refractivity contribution in [3.05, 3.63) is 58.5 Å². The van der Waals surface area contributed by atoms with Crippen molar-refractivity contribution < 1.29 is 4.79 Å². The van der Waals surface area contributed by atoms with Crippen LogP contribution in [0.25, 0.3) is 11.3 Å². The topological polar surface area (TPSA) is 101 Å². The van der Waals surface area contributed by atoms with Crippen LogP contribution < -0.4 is 5.73 Å². The summed E-state index contributed by atoms with van der Waals surface area (Å²) in [5.41, 5.74) is 12.2. The van der Waals surface area contributed by atoms with Crippen LogP contribution in [0, 0.1) is 6.92 Å². The zero-order valence-electron chi connectivity index (χ0n) is 16.2. The second-order valence-electron chi connectivity index (χ2n) is 7.21. The fourth-order valence-electron chi connectivity index (χ4n) is 3.69. The average Bonchev–Trinajstić information content (AvgIpc) is 3.11. The molecular weight excluding hydrogens is 352 g/mol. The minimum atomic E-state index is -0.131. The van der Waals surface area contributed by atoms with Crippen molar-refractivity contribution in [1.82, 2.24) is 25.1 Å². The normalized spacial score (nSPS) is 13.4. The summed E-state index contributed by atoms with van der Waals surface area (Å²) >= 11 is 0. The number of aromatic amines is 1. The van der Waals surface area contributed by atoms with Gasteiger partial charge in [0.2, 0.25) is 5.95 Å². The Morgan fingerprint density at radius 3 is 2.75 bits per heavy atom. The van der Waals surface area contributed by atoms with Crippen LogP contribution in [0.4, 0.5) is 5.95 Å². The number of aryl methyl sites for hydroxylation is 2. The standard InChI is InChI=1S/C21H24N6O/c1-3-4-14-5-7-15(8-6-14)19-16-12-27(10-9-17(16)25-26-19)20(28)18-11-13(2)23-21(22)24-18/h5-8,11H,3-4,9-10,12H2,1-2H3,(H,25,26)(H2,22,23,24). The molecule has 0 radical (unpaired) electrons. The first kappa shape index (κ1) is 18.2. The van der Waals surface area contributed by atoms with Crippen molar-refractivity contribution >= 4 is 11.9 Å². The predicted molar refractivity (Wildman–Crippen MR) is 108 cm³/mol. The highest BCUT2D eigenvalue weighted by molar-refractivity contribution is 5.93. The van der Waals surface area contributed by atoms with Gasteiger partial charge in [-0.2, -0.15) is 5.10 Å². The fourth-order valence-corrected chi connectivity index (χ4v) is 3.69. The highest BCUT2D eigenvalue weighted by Crippen LogP contribution is 2.29. The Kier molecular flexibility index (Phi) is 4.81. The number of carbonyl (C=O) groups is 1. The molecule has 0 bridgehead atoms. The number of carbonyl (C=O) groups excluding carboxylic acids is 1. The van der Waals surface area contributed by atoms with Crippen LogP contribution >= 0.6 is 0 Å². The first-order valence-electron chi connectivity index (χ1n) is 9.61. The summed E-state index contributed by atoms with van der Waals surface area (Å²) in [6.45, 7) is 5.10. The molecule has 3 aromatic rings. The summed E-state index contributed by atoms with van der Waals surface area (Å²) in [5, 5.41) is 7.68. The second kappa shape index (κ2) is 7.42. The summed E-state index contributed by atoms with van der Waals surface area (Å²) in [6, 6.07) is 10.2. The molecule has 4 rings (SSSR count). The van der Waals surface area contributed by atoms with E-state index >= 15 is 0 Å². The van der Waals surface area contributed by atoms with Gasteiger partial charge in [0, 0.05) is 35.5 Å². The largest absolute Gasteiger partial charge is 0.368 e. The monoisotopic (exact) mass is 376 g/mol. The lowest BCUT2D eigenvalue weighted by atomic mass is 9.99. The number of nitrogens with one attached hydrogen (secondary N) is 1. The Morgan fingerprint density at radius 1 is 1.25 bits per heavy atom. The zero-order valence-corrected chi connectivity index (χ0v) is 16.2. The van der Waals surface area contributed by atoms with Gasteiger partial charge in [0.25, 0.3) is 5.91 Å². The Bertz CT molecular complexity index is 988. The Balaban J connectivity index is 1.60. The maximum Gasteiger partial charge on any atom is 0.272 e. The van der Waals surface area contributed by atoms with Gasteiger partial charge in [-0.15, -0.1) is 0 Å². The molecule has 7 nitrogen and oxygen atoms in total. The molecule has 7 heteroatoms. The lowest BCUT2D eigenvalue weighted by molar-refractivity contribution is 0.0728. The van der Waals surface area contributed by atoms with Gasteiger partial charge in [-0.05, 0) is 25.0 Å². The number of benzene rings is 1. The number of nitrogens with two attached hydrogens (primary N) is 1. The molecule has 0 aliphatic carbocycles. The highest BCUT2D eigenvalue weighted by atomic mass is 16.2. The molecule has 0 fully saturated rings. The van der Waals surface area contributed by atoms with E-state index in [1.807, 2.05) is 0 Å². The molecule has 2 aromatic heterocycles. The van der Waals surface area contributed by atoms with Crippen molar-refractivity contribution in [2.75, 3.05) is 12.3 Å². The van der Waals surface area contributed by atoms with E-state index in [2.05, 4.69) is 51.4 Å². The second-order valence-corrected chi connectivity index (χ2v) is 7.21. The van der Waals surface area contributed by atoms with Crippen LogP contribution in [-0.2, 0) is 19.4 Å². The summed E-state index contributed by atoms with van der Waals surface area (Å²) in [4.78, 5) is 22.9. The molecule has 0 spiro atoms. The first-order chi connectivity index (χ1) is 13.5. The van der Waals surface area contributed by atoms with Crippen LogP contribution in [0.15, 0.2) is 30.3 Å². The van der Waals surface area contributed by atoms with E-state index < -0.39 is 0 Å². The lowest BCUT2D eigenvalue weighted by Gasteiger charge is -2.27. The Morgan fingerprint density at radius 2 is 2.04 bits per heavy atom. The Hall–Kier alpha value is -3.22. The molecule has 0 saturated carbocycles. The van der Waals surface area contributed by atoms with E-state index in [1.165, 1.54) is 5.56 Å². The van der Waals surface area contributed by atoms with Crippen LogP contribution in [0.1, 0.15) is 46.3 Å². The molecule has 0 atom stereocenters. The molecule has 0 unspecified atom stereocenters. The van der Waals surface area contributed by atoms with Gasteiger partial charge in [0.1, 0.15) is 5.69 Å². The summed E-state index contributed by atoms with van der Waals surface area (Å²) in [5.74, 6) is -0.00879. The van der Waals surface area contributed by atoms with E-state index in [0.717, 1.165) is 41.8 Å². The minimum absolute atomic E-state index is 0.122. The molecule has 1 aliphatic heterocycles. The van der Waals surface area contributed by atoms with Crippen LogP contribution in [0.2, 0.25) is 0 Å². The summed E-state index contributed by atoms with van der Waals surface area (Å²) < 4.78 is 0. The summed E-state index contributed by atoms with van der Waals surface area (Å²) in [6.07, 6.45) is 2.94. The third-order valence-electron chi connectivity index (χ3n) is 5.08. The molecule has 1 aliphatic rings. The highest BCUT2D eigenvalue weighted by Gasteiger charge is 2.27. The van der Waals surface area contributed by atoms with Crippen molar-refractivity contribution in [1.29, 1.82) is 0 Å². The number of H-pyrrole nitrogens is 1. The molecule has 144 valence electrons. The quantitative estimate of drug-likeness (QED) is 0.729. The van der Waals surface area contributed by atoms with Crippen molar-refractivity contribution in [3.63, 3.8) is 0 Å². The zero-order chi connectivity index (χ0) is 19.7. The van der Waals surface area contributed by atoms with E-state index in [-0.39, 0.29) is 11.9 Å². The molecule has 1 amide bonds. The first-order valence-corrected chi connectivity index (χ1v) is 9.61. The number of anilines is 1. The van der Waals surface area contributed by atoms with E-state index in [1.54, 1.807) is 17.9 Å². The van der Waals surface area contributed by atoms with Crippen LogP contribution in [-0.4, -0.2) is 37.5 Å². The van der Waals surface area contributed by atoms with Crippen molar-refractivity contribution in [3.8, 4) is 11.3 Å². The minimum Gasteiger partial charge on any atom is -0.368 e. The maximum absolute atomic E-state index is 12.9. The van der Waals surface area contributed by atoms with Crippen LogP contribution in [0.3, 0.4) is 0 Å². The van der Waals surface area contributed by atoms with Crippen molar-refractivity contribution in [2.45, 2.75) is 39.7 Å². The van der Waals surface area contributed by atoms with Gasteiger partial charge in [0.05, 0.1) is 12.2 Å². The van der Waals surface area contributed by atoms with Gasteiger partial charge in [-0.1, -0.05) is 37.6 Å². The third-order valence-corrected chi connectivity index (χ3v) is 5.08. The smallest absolute Gasteiger partial charge is 0.272 e. The van der Waals surface area contributed by atoms with E-state index in [0.29, 0.717) is 24.5 Å². The number of rotatable bonds is 4. The number of hydrogen-bond donors (Lipinski definition) is 2. The molecule has 0 saturated heterocycles. The SMILES string of the molecule is CCCc1ccc(-c2n[nH]c3c2CN(C(=O)c2cc(C)nc(N)n2)CC3)cc1. The fraction of sp³-hybridized carbons (Fsp3) is 0.333. The van der Waals surface area contributed by atoms with E-state index in [4.69, 9.17) is 5.73 Å². The predicted octanol–water partition coefficient (Wildman–Crippen LogP) is 2.91. The number of nitrogen functional groups attached to an aromatic ring is 1. The number of fused-ring (bicyclic) bond motifs is 1.